The lowest BCUT2D eigenvalue weighted by Crippen LogP contribution is -2.46. The summed E-state index contributed by atoms with van der Waals surface area (Å²) in [6.45, 7) is 4.88. The fourth-order valence-corrected chi connectivity index (χ4v) is 2.81. The van der Waals surface area contributed by atoms with E-state index in [4.69, 9.17) is 10.5 Å². The number of aryl methyl sites for hydroxylation is 1. The Morgan fingerprint density at radius 3 is 2.85 bits per heavy atom. The first-order valence-corrected chi connectivity index (χ1v) is 7.27. The van der Waals surface area contributed by atoms with Crippen LogP contribution in [0.15, 0.2) is 18.2 Å². The number of amides is 1. The highest BCUT2D eigenvalue weighted by atomic mass is 16.5. The van der Waals surface area contributed by atoms with Gasteiger partial charge in [-0.25, -0.2) is 0 Å². The number of nitrogens with zero attached hydrogens (tertiary/aromatic N) is 1. The molecule has 2 N–H and O–H groups in total. The van der Waals surface area contributed by atoms with Gasteiger partial charge in [-0.1, -0.05) is 26.0 Å². The summed E-state index contributed by atoms with van der Waals surface area (Å²) < 4.78 is 5.42. The predicted molar refractivity (Wildman–Crippen MR) is 81.1 cm³/mol. The monoisotopic (exact) mass is 276 g/mol. The zero-order valence-corrected chi connectivity index (χ0v) is 12.6. The van der Waals surface area contributed by atoms with Crippen LogP contribution in [0, 0.1) is 5.92 Å². The third kappa shape index (κ3) is 2.96. The fraction of sp³-hybridized carbons (Fsp3) is 0.562. The molecule has 0 fully saturated rings. The largest absolute Gasteiger partial charge is 0.495 e. The number of fused-ring (bicyclic) bond motifs is 1. The summed E-state index contributed by atoms with van der Waals surface area (Å²) >= 11 is 0. The third-order valence-electron chi connectivity index (χ3n) is 3.71. The topological polar surface area (TPSA) is 55.6 Å². The number of carbonyl (C=O) groups is 1. The van der Waals surface area contributed by atoms with Crippen molar-refractivity contribution in [2.45, 2.75) is 39.2 Å². The minimum absolute atomic E-state index is 0.00384. The van der Waals surface area contributed by atoms with Crippen molar-refractivity contribution >= 4 is 11.6 Å². The second kappa shape index (κ2) is 6.27. The maximum atomic E-state index is 12.6. The van der Waals surface area contributed by atoms with Crippen LogP contribution in [0.2, 0.25) is 0 Å². The second-order valence-corrected chi connectivity index (χ2v) is 5.80. The Kier molecular flexibility index (Phi) is 4.65. The number of methoxy groups -OCH3 is 1. The van der Waals surface area contributed by atoms with Crippen LogP contribution in [0.1, 0.15) is 32.3 Å². The number of hydrogen-bond acceptors (Lipinski definition) is 3. The molecule has 110 valence electrons. The highest BCUT2D eigenvalue weighted by Gasteiger charge is 2.29. The van der Waals surface area contributed by atoms with Crippen LogP contribution in [0.3, 0.4) is 0 Å². The number of anilines is 1. The average molecular weight is 276 g/mol. The molecule has 1 amide bonds. The van der Waals surface area contributed by atoms with Crippen molar-refractivity contribution < 1.29 is 9.53 Å². The van der Waals surface area contributed by atoms with E-state index in [2.05, 4.69) is 19.9 Å². The highest BCUT2D eigenvalue weighted by molar-refractivity contribution is 5.99. The quantitative estimate of drug-likeness (QED) is 0.918. The molecular weight excluding hydrogens is 252 g/mol. The minimum Gasteiger partial charge on any atom is -0.495 e. The van der Waals surface area contributed by atoms with Gasteiger partial charge < -0.3 is 15.4 Å². The number of benzene rings is 1. The molecule has 1 atom stereocenters. The first kappa shape index (κ1) is 14.9. The van der Waals surface area contributed by atoms with E-state index in [9.17, 15) is 4.79 Å². The van der Waals surface area contributed by atoms with Gasteiger partial charge >= 0.3 is 0 Å². The standard InChI is InChI=1S/C16H24N2O2/c1-11(2)10-13(17)16(19)18-9-5-7-12-6-4-8-14(20-3)15(12)18/h4,6,8,11,13H,5,7,9-10,17H2,1-3H3. The fourth-order valence-electron chi connectivity index (χ4n) is 2.81. The van der Waals surface area contributed by atoms with Gasteiger partial charge in [-0.3, -0.25) is 4.79 Å². The molecular formula is C16H24N2O2. The van der Waals surface area contributed by atoms with Crippen LogP contribution in [0.25, 0.3) is 0 Å². The smallest absolute Gasteiger partial charge is 0.244 e. The molecule has 1 aliphatic rings. The normalized spacial score (nSPS) is 15.9. The molecule has 2 rings (SSSR count). The lowest BCUT2D eigenvalue weighted by atomic mass is 9.98. The van der Waals surface area contributed by atoms with Crippen LogP contribution in [0.4, 0.5) is 5.69 Å². The predicted octanol–water partition coefficient (Wildman–Crippen LogP) is 2.35. The second-order valence-electron chi connectivity index (χ2n) is 5.80. The number of nitrogens with two attached hydrogens (primary N) is 1. The van der Waals surface area contributed by atoms with E-state index in [0.717, 1.165) is 30.8 Å². The summed E-state index contributed by atoms with van der Waals surface area (Å²) in [5.74, 6) is 1.17. The lowest BCUT2D eigenvalue weighted by molar-refractivity contribution is -0.120. The van der Waals surface area contributed by atoms with Gasteiger partial charge in [-0.2, -0.15) is 0 Å². The first-order chi connectivity index (χ1) is 9.54. The van der Waals surface area contributed by atoms with E-state index >= 15 is 0 Å². The molecule has 4 heteroatoms. The number of ether oxygens (including phenoxy) is 1. The number of carbonyl (C=O) groups excluding carboxylic acids is 1. The van der Waals surface area contributed by atoms with Crippen molar-refractivity contribution in [1.29, 1.82) is 0 Å². The van der Waals surface area contributed by atoms with Gasteiger partial charge in [-0.05, 0) is 36.8 Å². The zero-order chi connectivity index (χ0) is 14.7. The molecule has 0 bridgehead atoms. The summed E-state index contributed by atoms with van der Waals surface area (Å²) in [7, 11) is 1.64. The SMILES string of the molecule is COc1cccc2c1N(C(=O)C(N)CC(C)C)CCC2. The van der Waals surface area contributed by atoms with E-state index in [1.54, 1.807) is 7.11 Å². The molecule has 1 aliphatic heterocycles. The van der Waals surface area contributed by atoms with Crippen LogP contribution < -0.4 is 15.4 Å². The summed E-state index contributed by atoms with van der Waals surface area (Å²) in [4.78, 5) is 14.4. The van der Waals surface area contributed by atoms with Crippen molar-refractivity contribution in [3.05, 3.63) is 23.8 Å². The van der Waals surface area contributed by atoms with Gasteiger partial charge in [0.1, 0.15) is 5.75 Å². The first-order valence-electron chi connectivity index (χ1n) is 7.27. The Hall–Kier alpha value is -1.55. The third-order valence-corrected chi connectivity index (χ3v) is 3.71. The number of hydrogen-bond donors (Lipinski definition) is 1. The van der Waals surface area contributed by atoms with E-state index in [-0.39, 0.29) is 5.91 Å². The van der Waals surface area contributed by atoms with Crippen molar-refractivity contribution in [2.75, 3.05) is 18.6 Å². The Morgan fingerprint density at radius 1 is 1.45 bits per heavy atom. The van der Waals surface area contributed by atoms with Gasteiger partial charge in [0.25, 0.3) is 0 Å². The summed E-state index contributed by atoms with van der Waals surface area (Å²) in [5.41, 5.74) is 8.14. The lowest BCUT2D eigenvalue weighted by Gasteiger charge is -2.33. The molecule has 0 saturated carbocycles. The molecule has 1 aromatic rings. The van der Waals surface area contributed by atoms with Gasteiger partial charge in [0.05, 0.1) is 18.8 Å². The summed E-state index contributed by atoms with van der Waals surface area (Å²) in [5, 5.41) is 0. The van der Waals surface area contributed by atoms with Crippen LogP contribution in [0.5, 0.6) is 5.75 Å². The van der Waals surface area contributed by atoms with E-state index < -0.39 is 6.04 Å². The average Bonchev–Trinajstić information content (AvgIpc) is 2.44. The Labute approximate surface area is 120 Å². The summed E-state index contributed by atoms with van der Waals surface area (Å²) in [6, 6.07) is 5.49. The Morgan fingerprint density at radius 2 is 2.20 bits per heavy atom. The van der Waals surface area contributed by atoms with Crippen molar-refractivity contribution in [1.82, 2.24) is 0 Å². The maximum Gasteiger partial charge on any atom is 0.244 e. The van der Waals surface area contributed by atoms with E-state index in [0.29, 0.717) is 12.3 Å². The molecule has 0 aromatic heterocycles. The number of para-hydroxylation sites is 1. The zero-order valence-electron chi connectivity index (χ0n) is 12.6. The molecule has 1 aromatic carbocycles. The molecule has 4 nitrogen and oxygen atoms in total. The highest BCUT2D eigenvalue weighted by Crippen LogP contribution is 2.36. The molecule has 0 radical (unpaired) electrons. The van der Waals surface area contributed by atoms with Crippen molar-refractivity contribution in [2.24, 2.45) is 11.7 Å². The Balaban J connectivity index is 2.30. The van der Waals surface area contributed by atoms with Crippen molar-refractivity contribution in [3.8, 4) is 5.75 Å². The van der Waals surface area contributed by atoms with Gasteiger partial charge in [0.15, 0.2) is 0 Å². The molecule has 1 unspecified atom stereocenters. The van der Waals surface area contributed by atoms with E-state index in [1.165, 1.54) is 5.56 Å². The maximum absolute atomic E-state index is 12.6. The van der Waals surface area contributed by atoms with Crippen LogP contribution >= 0.6 is 0 Å². The van der Waals surface area contributed by atoms with E-state index in [1.807, 2.05) is 17.0 Å². The number of rotatable bonds is 4. The van der Waals surface area contributed by atoms with Crippen molar-refractivity contribution in [3.63, 3.8) is 0 Å². The minimum atomic E-state index is -0.439. The summed E-state index contributed by atoms with van der Waals surface area (Å²) in [6.07, 6.45) is 2.66. The van der Waals surface area contributed by atoms with Gasteiger partial charge in [0.2, 0.25) is 5.91 Å². The van der Waals surface area contributed by atoms with Gasteiger partial charge in [0, 0.05) is 6.54 Å². The molecule has 0 saturated heterocycles. The Bertz CT molecular complexity index is 471. The van der Waals surface area contributed by atoms with Crippen LogP contribution in [-0.4, -0.2) is 25.6 Å². The molecule has 1 heterocycles. The molecule has 20 heavy (non-hydrogen) atoms. The molecule has 0 aliphatic carbocycles. The molecule has 0 spiro atoms. The van der Waals surface area contributed by atoms with Gasteiger partial charge in [-0.15, -0.1) is 0 Å². The van der Waals surface area contributed by atoms with Crippen LogP contribution in [-0.2, 0) is 11.2 Å².